The quantitative estimate of drug-likeness (QED) is 0.555. The Kier molecular flexibility index (Phi) is 5.95. The lowest BCUT2D eigenvalue weighted by Crippen LogP contribution is -2.32. The second kappa shape index (κ2) is 8.37. The largest absolute Gasteiger partial charge is 0.337 e. The molecule has 0 saturated carbocycles. The second-order valence-corrected chi connectivity index (χ2v) is 7.80. The third-order valence-electron chi connectivity index (χ3n) is 3.74. The van der Waals surface area contributed by atoms with Crippen molar-refractivity contribution < 1.29 is 19.2 Å². The van der Waals surface area contributed by atoms with Crippen LogP contribution in [0.3, 0.4) is 0 Å². The number of aryl methyl sites for hydroxylation is 1. The van der Waals surface area contributed by atoms with Crippen LogP contribution in [0.2, 0.25) is 0 Å². The molecule has 0 atom stereocenters. The van der Waals surface area contributed by atoms with Crippen LogP contribution < -0.4 is 0 Å². The van der Waals surface area contributed by atoms with Gasteiger partial charge in [-0.1, -0.05) is 29.0 Å². The third kappa shape index (κ3) is 4.44. The van der Waals surface area contributed by atoms with Gasteiger partial charge in [0.2, 0.25) is 0 Å². The van der Waals surface area contributed by atoms with Crippen LogP contribution >= 0.6 is 21.6 Å². The fourth-order valence-electron chi connectivity index (χ4n) is 2.40. The van der Waals surface area contributed by atoms with Crippen molar-refractivity contribution in [3.63, 3.8) is 0 Å². The Balaban J connectivity index is 1.69. The molecule has 0 unspecified atom stereocenters. The first-order valence-electron chi connectivity index (χ1n) is 7.95. The van der Waals surface area contributed by atoms with E-state index in [0.29, 0.717) is 5.06 Å². The summed E-state index contributed by atoms with van der Waals surface area (Å²) in [7, 11) is 2.99. The molecule has 1 aromatic carbocycles. The maximum Gasteiger partial charge on any atom is 0.337 e. The van der Waals surface area contributed by atoms with Gasteiger partial charge in [0.25, 0.3) is 11.8 Å². The molecule has 26 heavy (non-hydrogen) atoms. The number of aromatic nitrogens is 1. The van der Waals surface area contributed by atoms with Crippen molar-refractivity contribution in [2.24, 2.45) is 0 Å². The smallest absolute Gasteiger partial charge is 0.330 e. The first-order chi connectivity index (χ1) is 12.5. The van der Waals surface area contributed by atoms with E-state index in [2.05, 4.69) is 4.98 Å². The lowest BCUT2D eigenvalue weighted by Gasteiger charge is -2.15. The van der Waals surface area contributed by atoms with Gasteiger partial charge in [-0.3, -0.25) is 9.59 Å². The van der Waals surface area contributed by atoms with Crippen molar-refractivity contribution in [2.75, 3.05) is 0 Å². The molecule has 1 aliphatic heterocycles. The average molecular weight is 388 g/mol. The van der Waals surface area contributed by atoms with E-state index >= 15 is 0 Å². The summed E-state index contributed by atoms with van der Waals surface area (Å²) in [6.45, 7) is 1.91. The normalized spacial score (nSPS) is 14.0. The van der Waals surface area contributed by atoms with Crippen molar-refractivity contribution in [1.82, 2.24) is 10.0 Å². The molecular weight excluding hydrogens is 372 g/mol. The highest BCUT2D eigenvalue weighted by molar-refractivity contribution is 8.76. The SMILES string of the molecule is Cc1cccc(SSc2ccccn2)c1CC(=O)ON1C(=O)CCC1=O. The molecule has 1 fully saturated rings. The Morgan fingerprint density at radius 1 is 1.12 bits per heavy atom. The monoisotopic (exact) mass is 388 g/mol. The first kappa shape index (κ1) is 18.5. The van der Waals surface area contributed by atoms with Gasteiger partial charge in [0, 0.05) is 23.9 Å². The Bertz CT molecular complexity index is 826. The van der Waals surface area contributed by atoms with Gasteiger partial charge in [-0.05, 0) is 47.0 Å². The van der Waals surface area contributed by atoms with Crippen LogP contribution in [0.25, 0.3) is 0 Å². The fraction of sp³-hybridized carbons (Fsp3) is 0.222. The Labute approximate surface area is 158 Å². The summed E-state index contributed by atoms with van der Waals surface area (Å²) < 4.78 is 0. The zero-order valence-corrected chi connectivity index (χ0v) is 15.6. The van der Waals surface area contributed by atoms with Crippen LogP contribution in [-0.4, -0.2) is 27.8 Å². The number of amides is 2. The third-order valence-corrected chi connectivity index (χ3v) is 6.10. The molecule has 2 aromatic rings. The zero-order valence-electron chi connectivity index (χ0n) is 14.0. The molecule has 2 amide bonds. The number of hydroxylamine groups is 2. The molecule has 1 aromatic heterocycles. The fourth-order valence-corrected chi connectivity index (χ4v) is 4.57. The summed E-state index contributed by atoms with van der Waals surface area (Å²) in [5.41, 5.74) is 1.75. The summed E-state index contributed by atoms with van der Waals surface area (Å²) in [5.74, 6) is -1.59. The van der Waals surface area contributed by atoms with E-state index in [9.17, 15) is 14.4 Å². The van der Waals surface area contributed by atoms with Crippen LogP contribution in [-0.2, 0) is 25.6 Å². The molecular formula is C18H16N2O4S2. The minimum Gasteiger partial charge on any atom is -0.330 e. The van der Waals surface area contributed by atoms with E-state index in [-0.39, 0.29) is 19.3 Å². The topological polar surface area (TPSA) is 76.6 Å². The van der Waals surface area contributed by atoms with Gasteiger partial charge in [0.1, 0.15) is 5.03 Å². The van der Waals surface area contributed by atoms with Crippen molar-refractivity contribution >= 4 is 39.4 Å². The highest BCUT2D eigenvalue weighted by Gasteiger charge is 2.33. The average Bonchev–Trinajstić information content (AvgIpc) is 2.95. The van der Waals surface area contributed by atoms with Crippen LogP contribution in [0.4, 0.5) is 0 Å². The van der Waals surface area contributed by atoms with Gasteiger partial charge in [0.15, 0.2) is 0 Å². The second-order valence-electron chi connectivity index (χ2n) is 5.61. The Morgan fingerprint density at radius 2 is 1.88 bits per heavy atom. The number of carbonyl (C=O) groups is 3. The summed E-state index contributed by atoms with van der Waals surface area (Å²) in [6, 6.07) is 11.4. The van der Waals surface area contributed by atoms with E-state index in [1.165, 1.54) is 21.6 Å². The molecule has 2 heterocycles. The number of carbonyl (C=O) groups excluding carboxylic acids is 3. The number of imide groups is 1. The molecule has 1 aliphatic rings. The number of rotatable bonds is 6. The van der Waals surface area contributed by atoms with Crippen molar-refractivity contribution in [1.29, 1.82) is 0 Å². The highest BCUT2D eigenvalue weighted by Crippen LogP contribution is 2.39. The van der Waals surface area contributed by atoms with E-state index < -0.39 is 17.8 Å². The molecule has 0 radical (unpaired) electrons. The molecule has 134 valence electrons. The highest BCUT2D eigenvalue weighted by atomic mass is 33.1. The van der Waals surface area contributed by atoms with Crippen LogP contribution in [0, 0.1) is 6.92 Å². The molecule has 8 heteroatoms. The Morgan fingerprint density at radius 3 is 2.58 bits per heavy atom. The van der Waals surface area contributed by atoms with Crippen LogP contribution in [0.1, 0.15) is 24.0 Å². The Hall–Kier alpha value is -2.32. The lowest BCUT2D eigenvalue weighted by atomic mass is 10.1. The van der Waals surface area contributed by atoms with Crippen LogP contribution in [0.15, 0.2) is 52.5 Å². The predicted molar refractivity (Wildman–Crippen MR) is 98.0 cm³/mol. The predicted octanol–water partition coefficient (Wildman–Crippen LogP) is 3.34. The summed E-state index contributed by atoms with van der Waals surface area (Å²) in [4.78, 5) is 45.6. The molecule has 6 nitrogen and oxygen atoms in total. The van der Waals surface area contributed by atoms with E-state index in [1.807, 2.05) is 43.3 Å². The minimum absolute atomic E-state index is 0.0190. The summed E-state index contributed by atoms with van der Waals surface area (Å²) in [6.07, 6.45) is 1.87. The number of benzene rings is 1. The number of hydrogen-bond donors (Lipinski definition) is 0. The zero-order chi connectivity index (χ0) is 18.5. The van der Waals surface area contributed by atoms with Gasteiger partial charge in [-0.25, -0.2) is 9.78 Å². The molecule has 0 N–H and O–H groups in total. The molecule has 0 bridgehead atoms. The van der Waals surface area contributed by atoms with Crippen molar-refractivity contribution in [2.45, 2.75) is 36.1 Å². The number of nitrogens with zero attached hydrogens (tertiary/aromatic N) is 2. The van der Waals surface area contributed by atoms with Gasteiger partial charge in [-0.2, -0.15) is 0 Å². The van der Waals surface area contributed by atoms with Crippen molar-refractivity contribution in [3.8, 4) is 0 Å². The molecule has 1 saturated heterocycles. The number of pyridine rings is 1. The van der Waals surface area contributed by atoms with E-state index in [1.54, 1.807) is 6.20 Å². The molecule has 0 aliphatic carbocycles. The molecule has 0 spiro atoms. The first-order valence-corrected chi connectivity index (χ1v) is 10.1. The van der Waals surface area contributed by atoms with Gasteiger partial charge in [0.05, 0.1) is 6.42 Å². The van der Waals surface area contributed by atoms with Gasteiger partial charge in [-0.15, -0.1) is 5.06 Å². The van der Waals surface area contributed by atoms with Gasteiger partial charge >= 0.3 is 5.97 Å². The number of hydrogen-bond acceptors (Lipinski definition) is 7. The van der Waals surface area contributed by atoms with Gasteiger partial charge < -0.3 is 4.84 Å². The summed E-state index contributed by atoms with van der Waals surface area (Å²) in [5, 5.41) is 1.44. The lowest BCUT2D eigenvalue weighted by molar-refractivity contribution is -0.197. The van der Waals surface area contributed by atoms with Crippen LogP contribution in [0.5, 0.6) is 0 Å². The van der Waals surface area contributed by atoms with E-state index in [0.717, 1.165) is 21.0 Å². The van der Waals surface area contributed by atoms with E-state index in [4.69, 9.17) is 4.84 Å². The minimum atomic E-state index is -0.632. The standard InChI is InChI=1S/C18H16N2O4S2/c1-12-5-4-6-14(25-26-15-7-2-3-10-19-15)13(12)11-18(23)24-20-16(21)8-9-17(20)22/h2-7,10H,8-9,11H2,1H3. The van der Waals surface area contributed by atoms with Crippen molar-refractivity contribution in [3.05, 3.63) is 53.7 Å². The molecule has 3 rings (SSSR count). The maximum atomic E-state index is 12.2. The maximum absolute atomic E-state index is 12.2. The summed E-state index contributed by atoms with van der Waals surface area (Å²) >= 11 is 0.